The second-order valence-electron chi connectivity index (χ2n) is 3.62. The van der Waals surface area contributed by atoms with Crippen LogP contribution in [-0.2, 0) is 4.79 Å². The number of nitrogens with two attached hydrogens (primary N) is 1. The molecule has 94 valence electrons. The van der Waals surface area contributed by atoms with E-state index in [0.29, 0.717) is 5.13 Å². The first-order valence-corrected chi connectivity index (χ1v) is 7.02. The van der Waals surface area contributed by atoms with Crippen LogP contribution in [0.2, 0.25) is 0 Å². The minimum Gasteiger partial charge on any atom is -0.369 e. The summed E-state index contributed by atoms with van der Waals surface area (Å²) in [6.07, 6.45) is 0. The van der Waals surface area contributed by atoms with E-state index in [0.717, 1.165) is 10.0 Å². The Bertz CT molecular complexity index is 538. The predicted octanol–water partition coefficient (Wildman–Crippen LogP) is 2.17. The summed E-state index contributed by atoms with van der Waals surface area (Å²) in [5, 5.41) is 11.8. The van der Waals surface area contributed by atoms with Crippen molar-refractivity contribution in [1.82, 2.24) is 10.2 Å². The fraction of sp³-hybridized carbons (Fsp3) is 0.182. The van der Waals surface area contributed by atoms with Gasteiger partial charge < -0.3 is 11.1 Å². The topological polar surface area (TPSA) is 80.9 Å². The number of benzene rings is 1. The van der Waals surface area contributed by atoms with E-state index in [-0.39, 0.29) is 11.7 Å². The molecule has 0 unspecified atom stereocenters. The molecular formula is C11H12N4OS2. The van der Waals surface area contributed by atoms with Crippen LogP contribution in [0.4, 0.5) is 10.8 Å². The van der Waals surface area contributed by atoms with E-state index < -0.39 is 0 Å². The maximum absolute atomic E-state index is 10.6. The van der Waals surface area contributed by atoms with E-state index >= 15 is 0 Å². The average molecular weight is 280 g/mol. The number of hydrogen-bond donors (Lipinski definition) is 2. The van der Waals surface area contributed by atoms with E-state index in [9.17, 15) is 4.79 Å². The van der Waals surface area contributed by atoms with Gasteiger partial charge >= 0.3 is 0 Å². The Labute approximate surface area is 113 Å². The molecule has 0 aliphatic heterocycles. The van der Waals surface area contributed by atoms with Gasteiger partial charge in [-0.3, -0.25) is 4.79 Å². The van der Waals surface area contributed by atoms with Gasteiger partial charge in [-0.1, -0.05) is 40.8 Å². The number of amides is 1. The summed E-state index contributed by atoms with van der Waals surface area (Å²) in [5.74, 6) is -0.137. The third-order valence-corrected chi connectivity index (χ3v) is 4.04. The number of thioether (sulfide) groups is 1. The van der Waals surface area contributed by atoms with Crippen molar-refractivity contribution in [3.63, 3.8) is 0 Å². The Morgan fingerprint density at radius 3 is 2.78 bits per heavy atom. The zero-order chi connectivity index (χ0) is 13.0. The molecule has 0 aliphatic carbocycles. The average Bonchev–Trinajstić information content (AvgIpc) is 2.77. The third kappa shape index (κ3) is 3.71. The minimum absolute atomic E-state index is 0.221. The molecule has 2 rings (SSSR count). The first kappa shape index (κ1) is 12.8. The number of nitrogens with one attached hydrogen (secondary N) is 1. The fourth-order valence-corrected chi connectivity index (χ4v) is 2.72. The molecule has 0 atom stereocenters. The highest BCUT2D eigenvalue weighted by Gasteiger charge is 2.06. The lowest BCUT2D eigenvalue weighted by Gasteiger charge is -2.01. The quantitative estimate of drug-likeness (QED) is 0.820. The van der Waals surface area contributed by atoms with Gasteiger partial charge in [-0.15, -0.1) is 10.2 Å². The van der Waals surface area contributed by atoms with Crippen molar-refractivity contribution < 1.29 is 4.79 Å². The maximum Gasteiger partial charge on any atom is 0.227 e. The predicted molar refractivity (Wildman–Crippen MR) is 74.3 cm³/mol. The van der Waals surface area contributed by atoms with E-state index in [1.165, 1.54) is 28.7 Å². The Morgan fingerprint density at radius 1 is 1.39 bits per heavy atom. The molecule has 0 bridgehead atoms. The van der Waals surface area contributed by atoms with Crippen molar-refractivity contribution in [3.8, 4) is 0 Å². The lowest BCUT2D eigenvalue weighted by atomic mass is 10.2. The Morgan fingerprint density at radius 2 is 2.11 bits per heavy atom. The molecule has 18 heavy (non-hydrogen) atoms. The smallest absolute Gasteiger partial charge is 0.227 e. The van der Waals surface area contributed by atoms with Crippen molar-refractivity contribution in [3.05, 3.63) is 29.8 Å². The van der Waals surface area contributed by atoms with Crippen LogP contribution in [-0.4, -0.2) is 21.9 Å². The molecule has 0 spiro atoms. The number of primary amides is 1. The van der Waals surface area contributed by atoms with Gasteiger partial charge in [-0.25, -0.2) is 0 Å². The first-order valence-electron chi connectivity index (χ1n) is 5.22. The number of aryl methyl sites for hydroxylation is 1. The molecule has 7 heteroatoms. The molecule has 1 aromatic heterocycles. The van der Waals surface area contributed by atoms with Crippen molar-refractivity contribution in [2.45, 2.75) is 11.3 Å². The molecule has 1 aromatic carbocycles. The molecule has 2 aromatic rings. The number of carbonyl (C=O) groups excluding carboxylic acids is 1. The number of rotatable bonds is 5. The Kier molecular flexibility index (Phi) is 4.16. The summed E-state index contributed by atoms with van der Waals surface area (Å²) in [4.78, 5) is 10.6. The van der Waals surface area contributed by atoms with E-state index in [4.69, 9.17) is 5.73 Å². The molecule has 0 saturated heterocycles. The SMILES string of the molecule is Cc1ccc(Nc2nnc(SCC(N)=O)s2)cc1. The third-order valence-electron chi connectivity index (χ3n) is 2.05. The maximum atomic E-state index is 10.6. The number of nitrogens with zero attached hydrogens (tertiary/aromatic N) is 2. The van der Waals surface area contributed by atoms with Crippen LogP contribution >= 0.6 is 23.1 Å². The lowest BCUT2D eigenvalue weighted by molar-refractivity contribution is -0.115. The molecule has 3 N–H and O–H groups in total. The van der Waals surface area contributed by atoms with Crippen LogP contribution in [0.25, 0.3) is 0 Å². The fourth-order valence-electron chi connectivity index (χ4n) is 1.21. The summed E-state index contributed by atoms with van der Waals surface area (Å²) in [7, 11) is 0. The van der Waals surface area contributed by atoms with Crippen molar-refractivity contribution in [1.29, 1.82) is 0 Å². The van der Waals surface area contributed by atoms with Gasteiger partial charge in [0.15, 0.2) is 4.34 Å². The van der Waals surface area contributed by atoms with E-state index in [1.54, 1.807) is 0 Å². The van der Waals surface area contributed by atoms with Crippen molar-refractivity contribution in [2.24, 2.45) is 5.73 Å². The highest BCUT2D eigenvalue weighted by atomic mass is 32.2. The second-order valence-corrected chi connectivity index (χ2v) is 5.82. The number of carbonyl (C=O) groups is 1. The summed E-state index contributed by atoms with van der Waals surface area (Å²) in [5.41, 5.74) is 7.23. The molecule has 1 heterocycles. The molecule has 0 radical (unpaired) electrons. The highest BCUT2D eigenvalue weighted by molar-refractivity contribution is 8.01. The van der Waals surface area contributed by atoms with Crippen LogP contribution < -0.4 is 11.1 Å². The van der Waals surface area contributed by atoms with Gasteiger partial charge in [0.1, 0.15) is 0 Å². The zero-order valence-electron chi connectivity index (χ0n) is 9.71. The summed E-state index contributed by atoms with van der Waals surface area (Å²) >= 11 is 2.69. The van der Waals surface area contributed by atoms with Gasteiger partial charge in [-0.2, -0.15) is 0 Å². The molecule has 1 amide bonds. The van der Waals surface area contributed by atoms with E-state index in [2.05, 4.69) is 15.5 Å². The normalized spacial score (nSPS) is 10.3. The Balaban J connectivity index is 1.97. The van der Waals surface area contributed by atoms with Crippen LogP contribution in [0.3, 0.4) is 0 Å². The molecule has 0 aliphatic rings. The molecular weight excluding hydrogens is 268 g/mol. The van der Waals surface area contributed by atoms with Gasteiger partial charge in [0.25, 0.3) is 0 Å². The summed E-state index contributed by atoms with van der Waals surface area (Å²) in [6, 6.07) is 8.00. The van der Waals surface area contributed by atoms with Gasteiger partial charge in [0.2, 0.25) is 11.0 Å². The highest BCUT2D eigenvalue weighted by Crippen LogP contribution is 2.27. The number of hydrogen-bond acceptors (Lipinski definition) is 6. The van der Waals surface area contributed by atoms with Gasteiger partial charge in [0, 0.05) is 5.69 Å². The van der Waals surface area contributed by atoms with Gasteiger partial charge in [-0.05, 0) is 19.1 Å². The number of anilines is 2. The zero-order valence-corrected chi connectivity index (χ0v) is 11.3. The largest absolute Gasteiger partial charge is 0.369 e. The van der Waals surface area contributed by atoms with E-state index in [1.807, 2.05) is 31.2 Å². The number of aromatic nitrogens is 2. The summed E-state index contributed by atoms with van der Waals surface area (Å²) < 4.78 is 0.725. The minimum atomic E-state index is -0.358. The standard InChI is InChI=1S/C11H12N4OS2/c1-7-2-4-8(5-3-7)13-10-14-15-11(18-10)17-6-9(12)16/h2-5H,6H2,1H3,(H2,12,16)(H,13,14). The Hall–Kier alpha value is -1.60. The van der Waals surface area contributed by atoms with Crippen LogP contribution in [0.5, 0.6) is 0 Å². The van der Waals surface area contributed by atoms with Crippen molar-refractivity contribution >= 4 is 39.8 Å². The first-order chi connectivity index (χ1) is 8.63. The van der Waals surface area contributed by atoms with Crippen LogP contribution in [0, 0.1) is 6.92 Å². The molecule has 0 saturated carbocycles. The second kappa shape index (κ2) is 5.83. The van der Waals surface area contributed by atoms with Crippen LogP contribution in [0.15, 0.2) is 28.6 Å². The monoisotopic (exact) mass is 280 g/mol. The molecule has 0 fully saturated rings. The van der Waals surface area contributed by atoms with Crippen LogP contribution in [0.1, 0.15) is 5.56 Å². The lowest BCUT2D eigenvalue weighted by Crippen LogP contribution is -2.12. The molecule has 5 nitrogen and oxygen atoms in total. The summed E-state index contributed by atoms with van der Waals surface area (Å²) in [6.45, 7) is 2.04. The van der Waals surface area contributed by atoms with Gasteiger partial charge in [0.05, 0.1) is 5.75 Å². The van der Waals surface area contributed by atoms with Crippen molar-refractivity contribution in [2.75, 3.05) is 11.1 Å².